The first-order chi connectivity index (χ1) is 12.7. The van der Waals surface area contributed by atoms with Crippen LogP contribution >= 0.6 is 0 Å². The Morgan fingerprint density at radius 2 is 2.08 bits per heavy atom. The average Bonchev–Trinajstić information content (AvgIpc) is 2.83. The van der Waals surface area contributed by atoms with E-state index in [2.05, 4.69) is 27.8 Å². The van der Waals surface area contributed by atoms with Crippen molar-refractivity contribution in [2.45, 2.75) is 44.7 Å². The highest BCUT2D eigenvalue weighted by atomic mass is 16.5. The number of benzene rings is 1. The molecule has 0 spiro atoms. The van der Waals surface area contributed by atoms with E-state index in [0.29, 0.717) is 17.5 Å². The van der Waals surface area contributed by atoms with Gasteiger partial charge in [0.1, 0.15) is 5.75 Å². The van der Waals surface area contributed by atoms with Crippen LogP contribution in [0.1, 0.15) is 47.2 Å². The van der Waals surface area contributed by atoms with Crippen molar-refractivity contribution in [2.24, 2.45) is 5.92 Å². The molecule has 0 saturated heterocycles. The SMILES string of the molecule is CNC(=O)c1ccc(Oc2ccc3c(c2)CCC(C2CCC2)NC3)nc1. The Kier molecular flexibility index (Phi) is 4.89. The van der Waals surface area contributed by atoms with Crippen LogP contribution in [0, 0.1) is 5.92 Å². The van der Waals surface area contributed by atoms with Crippen LogP contribution in [-0.4, -0.2) is 24.0 Å². The molecule has 5 heteroatoms. The fraction of sp³-hybridized carbons (Fsp3) is 0.429. The molecule has 2 aliphatic rings. The van der Waals surface area contributed by atoms with Gasteiger partial charge in [-0.2, -0.15) is 0 Å². The lowest BCUT2D eigenvalue weighted by atomic mass is 9.78. The number of amides is 1. The van der Waals surface area contributed by atoms with E-state index in [1.807, 2.05) is 6.07 Å². The van der Waals surface area contributed by atoms with Crippen molar-refractivity contribution in [1.29, 1.82) is 0 Å². The lowest BCUT2D eigenvalue weighted by Gasteiger charge is -2.33. The number of nitrogens with zero attached hydrogens (tertiary/aromatic N) is 1. The Hall–Kier alpha value is -2.40. The Morgan fingerprint density at radius 1 is 1.19 bits per heavy atom. The van der Waals surface area contributed by atoms with Crippen molar-refractivity contribution in [3.05, 3.63) is 53.2 Å². The molecule has 136 valence electrons. The Bertz CT molecular complexity index is 784. The van der Waals surface area contributed by atoms with Gasteiger partial charge in [0.2, 0.25) is 5.88 Å². The smallest absolute Gasteiger partial charge is 0.252 e. The van der Waals surface area contributed by atoms with Crippen molar-refractivity contribution in [2.75, 3.05) is 7.05 Å². The molecule has 5 nitrogen and oxygen atoms in total. The zero-order valence-electron chi connectivity index (χ0n) is 15.1. The number of carbonyl (C=O) groups excluding carboxylic acids is 1. The van der Waals surface area contributed by atoms with E-state index in [-0.39, 0.29) is 5.91 Å². The molecule has 0 bridgehead atoms. The summed E-state index contributed by atoms with van der Waals surface area (Å²) in [5, 5.41) is 6.32. The second-order valence-electron chi connectivity index (χ2n) is 7.21. The Labute approximate surface area is 154 Å². The highest BCUT2D eigenvalue weighted by Gasteiger charge is 2.28. The molecule has 1 atom stereocenters. The molecule has 26 heavy (non-hydrogen) atoms. The molecule has 2 aromatic rings. The van der Waals surface area contributed by atoms with Gasteiger partial charge in [0.15, 0.2) is 0 Å². The summed E-state index contributed by atoms with van der Waals surface area (Å²) < 4.78 is 5.90. The second-order valence-corrected chi connectivity index (χ2v) is 7.21. The van der Waals surface area contributed by atoms with Gasteiger partial charge < -0.3 is 15.4 Å². The van der Waals surface area contributed by atoms with Crippen LogP contribution in [-0.2, 0) is 13.0 Å². The number of aryl methyl sites for hydroxylation is 1. The van der Waals surface area contributed by atoms with Crippen molar-refractivity contribution in [3.8, 4) is 11.6 Å². The normalized spacial score (nSPS) is 19.8. The maximum atomic E-state index is 11.6. The van der Waals surface area contributed by atoms with Crippen molar-refractivity contribution in [1.82, 2.24) is 15.6 Å². The molecule has 1 aliphatic heterocycles. The minimum absolute atomic E-state index is 0.150. The number of ether oxygens (including phenoxy) is 1. The fourth-order valence-corrected chi connectivity index (χ4v) is 3.81. The van der Waals surface area contributed by atoms with E-state index in [1.54, 1.807) is 19.2 Å². The number of carbonyl (C=O) groups is 1. The van der Waals surface area contributed by atoms with Gasteiger partial charge in [0.25, 0.3) is 5.91 Å². The van der Waals surface area contributed by atoms with Gasteiger partial charge in [-0.1, -0.05) is 12.5 Å². The lowest BCUT2D eigenvalue weighted by molar-refractivity contribution is 0.0962. The quantitative estimate of drug-likeness (QED) is 0.886. The van der Waals surface area contributed by atoms with Crippen LogP contribution in [0.5, 0.6) is 11.6 Å². The summed E-state index contributed by atoms with van der Waals surface area (Å²) in [7, 11) is 1.60. The van der Waals surface area contributed by atoms with E-state index < -0.39 is 0 Å². The fourth-order valence-electron chi connectivity index (χ4n) is 3.81. The molecule has 1 amide bonds. The number of fused-ring (bicyclic) bond motifs is 1. The predicted molar refractivity (Wildman–Crippen MR) is 100 cm³/mol. The topological polar surface area (TPSA) is 63.2 Å². The number of hydrogen-bond donors (Lipinski definition) is 2. The highest BCUT2D eigenvalue weighted by molar-refractivity contribution is 5.93. The first-order valence-corrected chi connectivity index (χ1v) is 9.44. The van der Waals surface area contributed by atoms with E-state index in [1.165, 1.54) is 43.0 Å². The highest BCUT2D eigenvalue weighted by Crippen LogP contribution is 2.34. The molecular formula is C21H25N3O2. The minimum Gasteiger partial charge on any atom is -0.439 e. The standard InChI is InChI=1S/C21H25N3O2/c1-22-21(25)17-7-10-20(24-13-17)26-18-8-5-16-12-23-19(14-3-2-4-14)9-6-15(16)11-18/h5,7-8,10-11,13-14,19,23H,2-4,6,9,12H2,1H3,(H,22,25). The third-order valence-electron chi connectivity index (χ3n) is 5.62. The van der Waals surface area contributed by atoms with Crippen LogP contribution in [0.2, 0.25) is 0 Å². The molecule has 0 radical (unpaired) electrons. The van der Waals surface area contributed by atoms with E-state index in [9.17, 15) is 4.79 Å². The van der Waals surface area contributed by atoms with Crippen molar-refractivity contribution in [3.63, 3.8) is 0 Å². The molecule has 1 aromatic carbocycles. The third-order valence-corrected chi connectivity index (χ3v) is 5.62. The maximum absolute atomic E-state index is 11.6. The van der Waals surface area contributed by atoms with Crippen LogP contribution in [0.15, 0.2) is 36.5 Å². The molecule has 1 aliphatic carbocycles. The summed E-state index contributed by atoms with van der Waals surface area (Å²) in [5.41, 5.74) is 3.25. The summed E-state index contributed by atoms with van der Waals surface area (Å²) in [6.45, 7) is 0.940. The van der Waals surface area contributed by atoms with Gasteiger partial charge in [0.05, 0.1) is 5.56 Å². The summed E-state index contributed by atoms with van der Waals surface area (Å²) >= 11 is 0. The number of pyridine rings is 1. The summed E-state index contributed by atoms with van der Waals surface area (Å²) in [4.78, 5) is 15.8. The van der Waals surface area contributed by atoms with Crippen LogP contribution in [0.25, 0.3) is 0 Å². The Balaban J connectivity index is 1.44. The number of aromatic nitrogens is 1. The average molecular weight is 351 g/mol. The van der Waals surface area contributed by atoms with Gasteiger partial charge in [-0.3, -0.25) is 4.79 Å². The van der Waals surface area contributed by atoms with Crippen LogP contribution < -0.4 is 15.4 Å². The summed E-state index contributed by atoms with van der Waals surface area (Å²) in [5.74, 6) is 2.01. The minimum atomic E-state index is -0.150. The van der Waals surface area contributed by atoms with Gasteiger partial charge in [-0.05, 0) is 60.9 Å². The van der Waals surface area contributed by atoms with Crippen molar-refractivity contribution >= 4 is 5.91 Å². The van der Waals surface area contributed by atoms with Gasteiger partial charge in [-0.25, -0.2) is 4.98 Å². The predicted octanol–water partition coefficient (Wildman–Crippen LogP) is 3.44. The molecule has 2 N–H and O–H groups in total. The molecule has 1 fully saturated rings. The Morgan fingerprint density at radius 3 is 2.77 bits per heavy atom. The van der Waals surface area contributed by atoms with E-state index in [0.717, 1.165) is 24.6 Å². The van der Waals surface area contributed by atoms with Gasteiger partial charge in [0, 0.05) is 31.9 Å². The number of rotatable bonds is 4. The van der Waals surface area contributed by atoms with Crippen LogP contribution in [0.3, 0.4) is 0 Å². The molecule has 4 rings (SSSR count). The van der Waals surface area contributed by atoms with E-state index in [4.69, 9.17) is 4.74 Å². The molecule has 1 aromatic heterocycles. The zero-order chi connectivity index (χ0) is 17.9. The number of nitrogens with one attached hydrogen (secondary N) is 2. The molecular weight excluding hydrogens is 326 g/mol. The molecule has 2 heterocycles. The van der Waals surface area contributed by atoms with Gasteiger partial charge >= 0.3 is 0 Å². The number of hydrogen-bond acceptors (Lipinski definition) is 4. The van der Waals surface area contributed by atoms with E-state index >= 15 is 0 Å². The lowest BCUT2D eigenvalue weighted by Crippen LogP contribution is -2.38. The first-order valence-electron chi connectivity index (χ1n) is 9.44. The molecule has 1 unspecified atom stereocenters. The van der Waals surface area contributed by atoms with Crippen LogP contribution in [0.4, 0.5) is 0 Å². The second kappa shape index (κ2) is 7.46. The third kappa shape index (κ3) is 3.58. The largest absolute Gasteiger partial charge is 0.439 e. The summed E-state index contributed by atoms with van der Waals surface area (Å²) in [6.07, 6.45) is 7.95. The monoisotopic (exact) mass is 351 g/mol. The zero-order valence-corrected chi connectivity index (χ0v) is 15.1. The summed E-state index contributed by atoms with van der Waals surface area (Å²) in [6, 6.07) is 10.4. The maximum Gasteiger partial charge on any atom is 0.252 e. The molecule has 1 saturated carbocycles. The first kappa shape index (κ1) is 17.0. The van der Waals surface area contributed by atoms with Crippen molar-refractivity contribution < 1.29 is 9.53 Å². The van der Waals surface area contributed by atoms with Gasteiger partial charge in [-0.15, -0.1) is 0 Å².